The number of hydrogen-bond acceptors (Lipinski definition) is 3. The number of aryl methyl sites for hydroxylation is 1. The number of aromatic nitrogens is 2. The maximum Gasteiger partial charge on any atom is 0.434 e. The molecule has 1 aromatic rings. The van der Waals surface area contributed by atoms with Gasteiger partial charge in [-0.15, -0.1) is 0 Å². The topological polar surface area (TPSA) is 46.1 Å². The predicted octanol–water partition coefficient (Wildman–Crippen LogP) is 2.53. The number of alkyl halides is 7. The summed E-state index contributed by atoms with van der Waals surface area (Å²) in [6, 6.07) is 0. The van der Waals surface area contributed by atoms with Crippen LogP contribution in [0.25, 0.3) is 0 Å². The van der Waals surface area contributed by atoms with E-state index in [9.17, 15) is 35.5 Å². The molecule has 11 heteroatoms. The van der Waals surface area contributed by atoms with Crippen molar-refractivity contribution in [2.75, 3.05) is 13.1 Å². The van der Waals surface area contributed by atoms with Gasteiger partial charge in [-0.2, -0.15) is 30.7 Å². The molecule has 122 valence electrons. The number of likely N-dealkylation sites (tertiary alicyclic amines) is 1. The molecule has 22 heavy (non-hydrogen) atoms. The summed E-state index contributed by atoms with van der Waals surface area (Å²) in [7, 11) is 0. The largest absolute Gasteiger partial charge is 0.434 e. The van der Waals surface area contributed by atoms with E-state index in [4.69, 9.17) is 0 Å². The van der Waals surface area contributed by atoms with Gasteiger partial charge in [0.25, 0.3) is 5.91 Å². The minimum atomic E-state index is -5.05. The molecule has 1 aromatic heterocycles. The summed E-state index contributed by atoms with van der Waals surface area (Å²) < 4.78 is 90.7. The molecule has 0 aliphatic carbocycles. The first-order valence-electron chi connectivity index (χ1n) is 5.81. The average molecular weight is 331 g/mol. The molecule has 4 nitrogen and oxygen atoms in total. The lowest BCUT2D eigenvalue weighted by Crippen LogP contribution is -2.38. The summed E-state index contributed by atoms with van der Waals surface area (Å²) in [5, 5.41) is 0. The molecule has 0 spiro atoms. The summed E-state index contributed by atoms with van der Waals surface area (Å²) in [6.07, 6.45) is -4.56. The quantitative estimate of drug-likeness (QED) is 0.743. The highest BCUT2D eigenvalue weighted by Crippen LogP contribution is 2.42. The Morgan fingerprint density at radius 3 is 2.14 bits per heavy atom. The lowest BCUT2D eigenvalue weighted by Gasteiger charge is -2.17. The van der Waals surface area contributed by atoms with Crippen molar-refractivity contribution in [2.45, 2.75) is 24.9 Å². The fourth-order valence-electron chi connectivity index (χ4n) is 1.92. The van der Waals surface area contributed by atoms with Gasteiger partial charge < -0.3 is 4.90 Å². The third-order valence-electron chi connectivity index (χ3n) is 3.01. The first-order valence-corrected chi connectivity index (χ1v) is 5.81. The molecule has 1 aliphatic heterocycles. The predicted molar refractivity (Wildman–Crippen MR) is 57.6 cm³/mol. The second kappa shape index (κ2) is 4.78. The van der Waals surface area contributed by atoms with Crippen molar-refractivity contribution in [3.05, 3.63) is 23.3 Å². The Morgan fingerprint density at radius 1 is 1.18 bits per heavy atom. The summed E-state index contributed by atoms with van der Waals surface area (Å²) in [6.45, 7) is -2.23. The molecule has 2 heterocycles. The van der Waals surface area contributed by atoms with Crippen LogP contribution < -0.4 is 0 Å². The zero-order chi connectivity index (χ0) is 16.9. The van der Waals surface area contributed by atoms with E-state index in [0.29, 0.717) is 6.20 Å². The third kappa shape index (κ3) is 2.71. The first kappa shape index (κ1) is 16.4. The number of nitrogens with zero attached hydrogens (tertiary/aromatic N) is 3. The van der Waals surface area contributed by atoms with E-state index in [1.54, 1.807) is 0 Å². The average Bonchev–Trinajstić information content (AvgIpc) is 2.56. The summed E-state index contributed by atoms with van der Waals surface area (Å²) in [5.74, 6) is -10.9. The molecule has 1 aliphatic rings. The summed E-state index contributed by atoms with van der Waals surface area (Å²) in [5.41, 5.74) is -2.80. The fourth-order valence-corrected chi connectivity index (χ4v) is 1.92. The lowest BCUT2D eigenvalue weighted by atomic mass is 10.2. The van der Waals surface area contributed by atoms with Gasteiger partial charge in [-0.3, -0.25) is 4.79 Å². The van der Waals surface area contributed by atoms with Gasteiger partial charge in [0.05, 0.1) is 18.7 Å². The van der Waals surface area contributed by atoms with E-state index in [2.05, 4.69) is 9.97 Å². The van der Waals surface area contributed by atoms with Gasteiger partial charge in [-0.25, -0.2) is 9.97 Å². The fraction of sp³-hybridized carbons (Fsp3) is 0.545. The van der Waals surface area contributed by atoms with Gasteiger partial charge in [-0.1, -0.05) is 0 Å². The maximum atomic E-state index is 13.0. The van der Waals surface area contributed by atoms with Crippen molar-refractivity contribution in [3.63, 3.8) is 0 Å². The first-order chi connectivity index (χ1) is 9.85. The second-order valence-electron chi connectivity index (χ2n) is 4.75. The molecule has 1 saturated heterocycles. The molecule has 0 radical (unpaired) electrons. The van der Waals surface area contributed by atoms with E-state index in [1.807, 2.05) is 0 Å². The van der Waals surface area contributed by atoms with Gasteiger partial charge in [0.2, 0.25) is 0 Å². The van der Waals surface area contributed by atoms with Crippen LogP contribution >= 0.6 is 0 Å². The van der Waals surface area contributed by atoms with Crippen LogP contribution in [0.4, 0.5) is 30.7 Å². The van der Waals surface area contributed by atoms with Crippen molar-refractivity contribution < 1.29 is 35.5 Å². The Kier molecular flexibility index (Phi) is 3.57. The van der Waals surface area contributed by atoms with Crippen LogP contribution in [0.15, 0.2) is 6.20 Å². The molecule has 0 unspecified atom stereocenters. The molecule has 2 rings (SSSR count). The highest BCUT2D eigenvalue weighted by Gasteiger charge is 2.64. The van der Waals surface area contributed by atoms with E-state index in [-0.39, 0.29) is 10.7 Å². The van der Waals surface area contributed by atoms with Gasteiger partial charge in [0.15, 0.2) is 5.69 Å². The summed E-state index contributed by atoms with van der Waals surface area (Å²) >= 11 is 0. The number of halogens is 7. The van der Waals surface area contributed by atoms with Crippen molar-refractivity contribution in [2.24, 2.45) is 0 Å². The van der Waals surface area contributed by atoms with E-state index in [0.717, 1.165) is 6.92 Å². The second-order valence-corrected chi connectivity index (χ2v) is 4.75. The third-order valence-corrected chi connectivity index (χ3v) is 3.01. The van der Waals surface area contributed by atoms with Gasteiger partial charge in [0, 0.05) is 6.20 Å². The Balaban J connectivity index is 2.40. The van der Waals surface area contributed by atoms with Crippen LogP contribution in [0.2, 0.25) is 0 Å². The molecular weight excluding hydrogens is 323 g/mol. The van der Waals surface area contributed by atoms with Crippen LogP contribution in [0.1, 0.15) is 21.9 Å². The Labute approximate surface area is 118 Å². The zero-order valence-electron chi connectivity index (χ0n) is 10.9. The highest BCUT2D eigenvalue weighted by atomic mass is 19.4. The number of rotatable bonds is 1. The number of carbonyl (C=O) groups excluding carboxylic acids is 1. The highest BCUT2D eigenvalue weighted by molar-refractivity contribution is 5.95. The van der Waals surface area contributed by atoms with Crippen LogP contribution in [0.3, 0.4) is 0 Å². The lowest BCUT2D eigenvalue weighted by molar-refractivity contribution is -0.172. The molecule has 0 bridgehead atoms. The van der Waals surface area contributed by atoms with Crippen molar-refractivity contribution in [1.29, 1.82) is 0 Å². The normalized spacial score (nSPS) is 20.3. The van der Waals surface area contributed by atoms with E-state index < -0.39 is 48.3 Å². The smallest absolute Gasteiger partial charge is 0.326 e. The minimum Gasteiger partial charge on any atom is -0.326 e. The van der Waals surface area contributed by atoms with Crippen molar-refractivity contribution in [3.8, 4) is 0 Å². The van der Waals surface area contributed by atoms with Crippen LogP contribution in [-0.4, -0.2) is 45.7 Å². The molecule has 1 amide bonds. The molecule has 0 atom stereocenters. The Morgan fingerprint density at radius 2 is 1.68 bits per heavy atom. The minimum absolute atomic E-state index is 0.0384. The Bertz CT molecular complexity index is 598. The van der Waals surface area contributed by atoms with Crippen LogP contribution in [0, 0.1) is 6.92 Å². The molecule has 0 N–H and O–H groups in total. The van der Waals surface area contributed by atoms with Crippen LogP contribution in [0.5, 0.6) is 0 Å². The number of amides is 1. The Hall–Kier alpha value is -1.94. The van der Waals surface area contributed by atoms with E-state index >= 15 is 0 Å². The van der Waals surface area contributed by atoms with Crippen LogP contribution in [-0.2, 0) is 6.18 Å². The zero-order valence-corrected chi connectivity index (χ0v) is 10.9. The van der Waals surface area contributed by atoms with Gasteiger partial charge >= 0.3 is 18.0 Å². The summed E-state index contributed by atoms with van der Waals surface area (Å²) in [4.78, 5) is 18.3. The van der Waals surface area contributed by atoms with Gasteiger partial charge in [0.1, 0.15) is 5.82 Å². The maximum absolute atomic E-state index is 13.0. The van der Waals surface area contributed by atoms with Gasteiger partial charge in [-0.05, 0) is 6.92 Å². The molecule has 0 aromatic carbocycles. The van der Waals surface area contributed by atoms with E-state index in [1.165, 1.54) is 0 Å². The molecular formula is C11H8F7N3O. The SMILES string of the molecule is Cc1ncc(C(=O)N2CC(F)(F)C(F)(F)C2)c(C(F)(F)F)n1. The number of hydrogen-bond donors (Lipinski definition) is 0. The van der Waals surface area contributed by atoms with Crippen molar-refractivity contribution in [1.82, 2.24) is 14.9 Å². The monoisotopic (exact) mass is 331 g/mol. The molecule has 1 fully saturated rings. The van der Waals surface area contributed by atoms with Crippen molar-refractivity contribution >= 4 is 5.91 Å². The number of carbonyl (C=O) groups is 1. The molecule has 0 saturated carbocycles. The standard InChI is InChI=1S/C11H8F7N3O/c1-5-19-2-6(7(20-5)11(16,17)18)8(22)21-3-9(12,13)10(14,15)4-21/h2H,3-4H2,1H3.